The molecule has 3 unspecified atom stereocenters. The number of carboxylic acid groups (broad SMARTS) is 1. The third kappa shape index (κ3) is 3.51. The summed E-state index contributed by atoms with van der Waals surface area (Å²) in [7, 11) is 0. The van der Waals surface area contributed by atoms with Crippen molar-refractivity contribution in [2.24, 2.45) is 11.8 Å². The molecule has 0 aromatic heterocycles. The monoisotopic (exact) mass is 292 g/mol. The normalized spacial score (nSPS) is 25.3. The summed E-state index contributed by atoms with van der Waals surface area (Å²) in [5, 5.41) is 23.2. The van der Waals surface area contributed by atoms with Crippen LogP contribution in [0.1, 0.15) is 43.5 Å². The van der Waals surface area contributed by atoms with Gasteiger partial charge in [0, 0.05) is 17.8 Å². The fraction of sp³-hybridized carbons (Fsp3) is 0.533. The molecule has 1 fully saturated rings. The van der Waals surface area contributed by atoms with E-state index in [1.807, 2.05) is 0 Å². The maximum atomic E-state index is 11.1. The van der Waals surface area contributed by atoms with Crippen LogP contribution in [0, 0.1) is 22.0 Å². The summed E-state index contributed by atoms with van der Waals surface area (Å²) < 4.78 is 0. The third-order valence-corrected chi connectivity index (χ3v) is 4.39. The van der Waals surface area contributed by atoms with E-state index in [1.165, 1.54) is 12.1 Å². The van der Waals surface area contributed by atoms with Gasteiger partial charge in [-0.1, -0.05) is 13.8 Å². The molecule has 1 aromatic rings. The van der Waals surface area contributed by atoms with Gasteiger partial charge < -0.3 is 10.4 Å². The van der Waals surface area contributed by atoms with E-state index < -0.39 is 10.9 Å². The maximum absolute atomic E-state index is 11.1. The summed E-state index contributed by atoms with van der Waals surface area (Å²) in [5.41, 5.74) is -0.0225. The molecule has 0 aliphatic heterocycles. The Balaban J connectivity index is 2.16. The highest BCUT2D eigenvalue weighted by molar-refractivity contribution is 5.93. The highest BCUT2D eigenvalue weighted by Gasteiger charge is 2.25. The van der Waals surface area contributed by atoms with Gasteiger partial charge in [-0.3, -0.25) is 10.1 Å². The predicted molar refractivity (Wildman–Crippen MR) is 79.6 cm³/mol. The summed E-state index contributed by atoms with van der Waals surface area (Å²) in [4.78, 5) is 21.3. The number of benzene rings is 1. The molecule has 0 bridgehead atoms. The maximum Gasteiger partial charge on any atom is 0.342 e. The van der Waals surface area contributed by atoms with E-state index in [1.54, 1.807) is 6.07 Å². The zero-order chi connectivity index (χ0) is 15.6. The SMILES string of the molecule is CC1CCC(Nc2ccc([N+](=O)[O-])c(C(=O)O)c2)CC1C. The molecular formula is C15H20N2O4. The summed E-state index contributed by atoms with van der Waals surface area (Å²) >= 11 is 0. The molecular weight excluding hydrogens is 272 g/mol. The Morgan fingerprint density at radius 3 is 2.62 bits per heavy atom. The number of hydrogen-bond acceptors (Lipinski definition) is 4. The van der Waals surface area contributed by atoms with Crippen LogP contribution < -0.4 is 5.32 Å². The smallest absolute Gasteiger partial charge is 0.342 e. The van der Waals surface area contributed by atoms with Crippen LogP contribution in [-0.2, 0) is 0 Å². The van der Waals surface area contributed by atoms with Crippen LogP contribution in [-0.4, -0.2) is 22.0 Å². The second-order valence-electron chi connectivity index (χ2n) is 5.90. The quantitative estimate of drug-likeness (QED) is 0.654. The fourth-order valence-corrected chi connectivity index (χ4v) is 2.87. The van der Waals surface area contributed by atoms with Gasteiger partial charge in [0.15, 0.2) is 0 Å². The van der Waals surface area contributed by atoms with Crippen molar-refractivity contribution in [3.63, 3.8) is 0 Å². The Morgan fingerprint density at radius 2 is 2.05 bits per heavy atom. The minimum absolute atomic E-state index is 0.276. The molecule has 1 aromatic carbocycles. The number of rotatable bonds is 4. The molecule has 1 aliphatic carbocycles. The van der Waals surface area contributed by atoms with Gasteiger partial charge in [0.25, 0.3) is 5.69 Å². The van der Waals surface area contributed by atoms with Crippen LogP contribution in [0.5, 0.6) is 0 Å². The molecule has 0 radical (unpaired) electrons. The van der Waals surface area contributed by atoms with E-state index in [9.17, 15) is 14.9 Å². The molecule has 2 N–H and O–H groups in total. The van der Waals surface area contributed by atoms with Crippen LogP contribution in [0.4, 0.5) is 11.4 Å². The van der Waals surface area contributed by atoms with E-state index in [0.717, 1.165) is 19.3 Å². The number of nitrogens with one attached hydrogen (secondary N) is 1. The molecule has 0 saturated heterocycles. The van der Waals surface area contributed by atoms with Crippen LogP contribution in [0.15, 0.2) is 18.2 Å². The zero-order valence-corrected chi connectivity index (χ0v) is 12.2. The van der Waals surface area contributed by atoms with Crippen LogP contribution in [0.2, 0.25) is 0 Å². The molecule has 0 spiro atoms. The number of nitrogens with zero attached hydrogens (tertiary/aromatic N) is 1. The molecule has 2 rings (SSSR count). The Kier molecular flexibility index (Phi) is 4.45. The molecule has 6 heteroatoms. The lowest BCUT2D eigenvalue weighted by Gasteiger charge is -2.33. The number of nitro groups is 1. The molecule has 6 nitrogen and oxygen atoms in total. The number of hydrogen-bond donors (Lipinski definition) is 2. The van der Waals surface area contributed by atoms with Crippen molar-refractivity contribution in [3.05, 3.63) is 33.9 Å². The van der Waals surface area contributed by atoms with E-state index in [-0.39, 0.29) is 11.3 Å². The van der Waals surface area contributed by atoms with Gasteiger partial charge in [-0.25, -0.2) is 4.79 Å². The molecule has 3 atom stereocenters. The summed E-state index contributed by atoms with van der Waals surface area (Å²) in [6.45, 7) is 4.46. The molecule has 0 heterocycles. The number of nitro benzene ring substituents is 1. The highest BCUT2D eigenvalue weighted by Crippen LogP contribution is 2.32. The van der Waals surface area contributed by atoms with Gasteiger partial charge in [0.05, 0.1) is 4.92 Å². The van der Waals surface area contributed by atoms with Crippen molar-refractivity contribution >= 4 is 17.3 Å². The largest absolute Gasteiger partial charge is 0.477 e. The first-order valence-corrected chi connectivity index (χ1v) is 7.16. The first-order valence-electron chi connectivity index (χ1n) is 7.16. The lowest BCUT2D eigenvalue weighted by atomic mass is 9.79. The topological polar surface area (TPSA) is 92.5 Å². The Labute approximate surface area is 123 Å². The summed E-state index contributed by atoms with van der Waals surface area (Å²) in [6, 6.07) is 4.47. The minimum atomic E-state index is -1.28. The zero-order valence-electron chi connectivity index (χ0n) is 12.2. The Morgan fingerprint density at radius 1 is 1.33 bits per heavy atom. The fourth-order valence-electron chi connectivity index (χ4n) is 2.87. The van der Waals surface area contributed by atoms with E-state index in [2.05, 4.69) is 19.2 Å². The van der Waals surface area contributed by atoms with Crippen LogP contribution in [0.25, 0.3) is 0 Å². The van der Waals surface area contributed by atoms with Crippen molar-refractivity contribution in [2.75, 3.05) is 5.32 Å². The van der Waals surface area contributed by atoms with E-state index >= 15 is 0 Å². The van der Waals surface area contributed by atoms with Crippen molar-refractivity contribution in [1.29, 1.82) is 0 Å². The molecule has 0 amide bonds. The summed E-state index contributed by atoms with van der Waals surface area (Å²) in [5.74, 6) is 0.0405. The Bertz CT molecular complexity index is 559. The van der Waals surface area contributed by atoms with Gasteiger partial charge in [-0.15, -0.1) is 0 Å². The summed E-state index contributed by atoms with van der Waals surface area (Å²) in [6.07, 6.45) is 3.20. The minimum Gasteiger partial charge on any atom is -0.477 e. The molecule has 1 saturated carbocycles. The number of carbonyl (C=O) groups is 1. The van der Waals surface area contributed by atoms with E-state index in [4.69, 9.17) is 5.11 Å². The van der Waals surface area contributed by atoms with E-state index in [0.29, 0.717) is 23.6 Å². The number of aromatic carboxylic acids is 1. The first kappa shape index (κ1) is 15.3. The van der Waals surface area contributed by atoms with Crippen molar-refractivity contribution < 1.29 is 14.8 Å². The second-order valence-corrected chi connectivity index (χ2v) is 5.90. The third-order valence-electron chi connectivity index (χ3n) is 4.39. The lowest BCUT2D eigenvalue weighted by molar-refractivity contribution is -0.385. The highest BCUT2D eigenvalue weighted by atomic mass is 16.6. The lowest BCUT2D eigenvalue weighted by Crippen LogP contribution is -2.30. The van der Waals surface area contributed by atoms with Crippen LogP contribution >= 0.6 is 0 Å². The first-order chi connectivity index (χ1) is 9.88. The van der Waals surface area contributed by atoms with Crippen molar-refractivity contribution in [1.82, 2.24) is 0 Å². The van der Waals surface area contributed by atoms with Gasteiger partial charge >= 0.3 is 5.97 Å². The van der Waals surface area contributed by atoms with Gasteiger partial charge in [0.1, 0.15) is 5.56 Å². The molecule has 1 aliphatic rings. The number of carboxylic acids is 1. The molecule has 21 heavy (non-hydrogen) atoms. The standard InChI is InChI=1S/C15H20N2O4/c1-9-3-4-11(7-10(9)2)16-12-5-6-14(17(20)21)13(8-12)15(18)19/h5-6,8-11,16H,3-4,7H2,1-2H3,(H,18,19). The van der Waals surface area contributed by atoms with Crippen molar-refractivity contribution in [2.45, 2.75) is 39.2 Å². The van der Waals surface area contributed by atoms with Gasteiger partial charge in [0.2, 0.25) is 0 Å². The average molecular weight is 292 g/mol. The van der Waals surface area contributed by atoms with Crippen molar-refractivity contribution in [3.8, 4) is 0 Å². The van der Waals surface area contributed by atoms with Gasteiger partial charge in [-0.2, -0.15) is 0 Å². The Hall–Kier alpha value is -2.11. The second kappa shape index (κ2) is 6.11. The van der Waals surface area contributed by atoms with Crippen LogP contribution in [0.3, 0.4) is 0 Å². The number of anilines is 1. The van der Waals surface area contributed by atoms with Gasteiger partial charge in [-0.05, 0) is 43.2 Å². The average Bonchev–Trinajstić information content (AvgIpc) is 2.42. The predicted octanol–water partition coefficient (Wildman–Crippen LogP) is 3.53. The molecule has 114 valence electrons.